The Morgan fingerprint density at radius 1 is 1.27 bits per heavy atom. The normalized spacial score (nSPS) is 23.4. The molecule has 1 aromatic carbocycles. The quantitative estimate of drug-likeness (QED) is 0.690. The van der Waals surface area contributed by atoms with Gasteiger partial charge in [-0.1, -0.05) is 0 Å². The number of fused-ring (bicyclic) bond motifs is 2. The third kappa shape index (κ3) is 5.02. The zero-order valence-electron chi connectivity index (χ0n) is 17.9. The van der Waals surface area contributed by atoms with Crippen molar-refractivity contribution in [2.75, 3.05) is 26.0 Å². The van der Waals surface area contributed by atoms with E-state index in [9.17, 15) is 14.4 Å². The van der Waals surface area contributed by atoms with Crippen molar-refractivity contribution >= 4 is 23.5 Å². The molecule has 1 fully saturated rings. The molecule has 1 saturated heterocycles. The molecule has 2 heterocycles. The molecule has 2 aliphatic heterocycles. The van der Waals surface area contributed by atoms with E-state index in [4.69, 9.17) is 9.47 Å². The maximum absolute atomic E-state index is 13.2. The minimum Gasteiger partial charge on any atom is -0.490 e. The molecule has 3 rings (SSSR count). The number of ether oxygens (including phenoxy) is 2. The first-order chi connectivity index (χ1) is 14.3. The zero-order valence-corrected chi connectivity index (χ0v) is 17.9. The Morgan fingerprint density at radius 3 is 2.73 bits per heavy atom. The van der Waals surface area contributed by atoms with Crippen LogP contribution in [0.3, 0.4) is 0 Å². The maximum Gasteiger partial charge on any atom is 0.319 e. The second kappa shape index (κ2) is 9.34. The predicted octanol–water partition coefficient (Wildman–Crippen LogP) is 1.73. The first-order valence-electron chi connectivity index (χ1n) is 10.3. The van der Waals surface area contributed by atoms with Crippen LogP contribution in [-0.4, -0.2) is 67.7 Å². The van der Waals surface area contributed by atoms with E-state index in [1.54, 1.807) is 37.2 Å². The largest absolute Gasteiger partial charge is 0.490 e. The molecule has 1 aromatic rings. The van der Waals surface area contributed by atoms with Gasteiger partial charge in [0.25, 0.3) is 5.91 Å². The van der Waals surface area contributed by atoms with Crippen LogP contribution in [0.2, 0.25) is 0 Å². The van der Waals surface area contributed by atoms with Crippen molar-refractivity contribution in [1.29, 1.82) is 0 Å². The Bertz CT molecular complexity index is 813. The van der Waals surface area contributed by atoms with Gasteiger partial charge in [-0.2, -0.15) is 0 Å². The van der Waals surface area contributed by atoms with Crippen molar-refractivity contribution < 1.29 is 23.9 Å². The van der Waals surface area contributed by atoms with Gasteiger partial charge in [-0.3, -0.25) is 9.59 Å². The van der Waals surface area contributed by atoms with Crippen molar-refractivity contribution in [3.63, 3.8) is 0 Å². The minimum absolute atomic E-state index is 0.000834. The standard InChI is InChI=1S/C21H30N4O5/c1-12(2)23-21(28)24-13-5-8-17-15(9-13)20(27)25(4)16-7-6-14(10-19(26)22-3)30-18(16)11-29-17/h5,8-9,12,14,16,18H,6-7,10-11H2,1-4H3,(H,22,26)(H2,23,24,28)/t14-,16-,18+/m0/s1. The fourth-order valence-electron chi connectivity index (χ4n) is 3.84. The number of amides is 4. The lowest BCUT2D eigenvalue weighted by Gasteiger charge is -2.42. The summed E-state index contributed by atoms with van der Waals surface area (Å²) >= 11 is 0. The average Bonchev–Trinajstić information content (AvgIpc) is 2.70. The van der Waals surface area contributed by atoms with Gasteiger partial charge >= 0.3 is 6.03 Å². The van der Waals surface area contributed by atoms with Crippen LogP contribution in [0.4, 0.5) is 10.5 Å². The van der Waals surface area contributed by atoms with Crippen LogP contribution in [0, 0.1) is 0 Å². The zero-order chi connectivity index (χ0) is 21.8. The van der Waals surface area contributed by atoms with Crippen molar-refractivity contribution in [1.82, 2.24) is 15.5 Å². The minimum atomic E-state index is -0.333. The molecule has 0 aliphatic carbocycles. The number of carbonyl (C=O) groups excluding carboxylic acids is 3. The number of benzene rings is 1. The summed E-state index contributed by atoms with van der Waals surface area (Å²) in [6.07, 6.45) is 1.20. The smallest absolute Gasteiger partial charge is 0.319 e. The van der Waals surface area contributed by atoms with Crippen molar-refractivity contribution in [3.05, 3.63) is 23.8 Å². The molecule has 0 bridgehead atoms. The van der Waals surface area contributed by atoms with E-state index in [-0.39, 0.29) is 48.7 Å². The maximum atomic E-state index is 13.2. The molecule has 0 spiro atoms. The number of urea groups is 1. The topological polar surface area (TPSA) is 109 Å². The summed E-state index contributed by atoms with van der Waals surface area (Å²) in [7, 11) is 3.36. The molecular formula is C21H30N4O5. The number of nitrogens with one attached hydrogen (secondary N) is 3. The van der Waals surface area contributed by atoms with Crippen molar-refractivity contribution in [3.8, 4) is 5.75 Å². The van der Waals surface area contributed by atoms with Gasteiger partial charge in [0.15, 0.2) is 0 Å². The molecule has 0 aromatic heterocycles. The molecule has 9 nitrogen and oxygen atoms in total. The summed E-state index contributed by atoms with van der Waals surface area (Å²) in [5.41, 5.74) is 0.908. The first kappa shape index (κ1) is 21.9. The highest BCUT2D eigenvalue weighted by atomic mass is 16.5. The molecule has 0 radical (unpaired) electrons. The number of anilines is 1. The predicted molar refractivity (Wildman–Crippen MR) is 112 cm³/mol. The van der Waals surface area contributed by atoms with Crippen molar-refractivity contribution in [2.45, 2.75) is 57.4 Å². The third-order valence-corrected chi connectivity index (χ3v) is 5.38. The molecule has 0 saturated carbocycles. The Hall–Kier alpha value is -2.81. The van der Waals surface area contributed by atoms with Crippen LogP contribution in [0.5, 0.6) is 5.75 Å². The number of nitrogens with zero attached hydrogens (tertiary/aromatic N) is 1. The molecule has 2 aliphatic rings. The van der Waals surface area contributed by atoms with Gasteiger partial charge in [-0.05, 0) is 44.9 Å². The van der Waals surface area contributed by atoms with Gasteiger partial charge < -0.3 is 30.3 Å². The molecular weight excluding hydrogens is 388 g/mol. The molecule has 9 heteroatoms. The molecule has 4 amide bonds. The number of hydrogen-bond acceptors (Lipinski definition) is 5. The Balaban J connectivity index is 1.76. The van der Waals surface area contributed by atoms with Crippen LogP contribution < -0.4 is 20.7 Å². The average molecular weight is 418 g/mol. The monoisotopic (exact) mass is 418 g/mol. The second-order valence-electron chi connectivity index (χ2n) is 8.01. The Labute approximate surface area is 176 Å². The molecule has 0 unspecified atom stereocenters. The number of likely N-dealkylation sites (N-methyl/N-ethyl adjacent to an activating group) is 1. The van der Waals surface area contributed by atoms with Gasteiger partial charge in [0.2, 0.25) is 5.91 Å². The van der Waals surface area contributed by atoms with Crippen LogP contribution in [0.15, 0.2) is 18.2 Å². The summed E-state index contributed by atoms with van der Waals surface area (Å²) in [6.45, 7) is 4.02. The van der Waals surface area contributed by atoms with Crippen molar-refractivity contribution in [2.24, 2.45) is 0 Å². The lowest BCUT2D eigenvalue weighted by atomic mass is 9.94. The summed E-state index contributed by atoms with van der Waals surface area (Å²) in [5, 5.41) is 8.11. The van der Waals surface area contributed by atoms with Crippen LogP contribution in [0.25, 0.3) is 0 Å². The number of rotatable bonds is 4. The van der Waals surface area contributed by atoms with E-state index < -0.39 is 0 Å². The summed E-state index contributed by atoms with van der Waals surface area (Å²) < 4.78 is 12.0. The Kier molecular flexibility index (Phi) is 6.81. The lowest BCUT2D eigenvalue weighted by Crippen LogP contribution is -2.53. The summed E-state index contributed by atoms with van der Waals surface area (Å²) in [5.74, 6) is 0.180. The highest BCUT2D eigenvalue weighted by molar-refractivity contribution is 5.99. The fraction of sp³-hybridized carbons (Fsp3) is 0.571. The molecule has 30 heavy (non-hydrogen) atoms. The molecule has 3 N–H and O–H groups in total. The first-order valence-corrected chi connectivity index (χ1v) is 10.3. The van der Waals surface area contributed by atoms with Crippen LogP contribution in [-0.2, 0) is 9.53 Å². The number of hydrogen-bond donors (Lipinski definition) is 3. The second-order valence-corrected chi connectivity index (χ2v) is 8.01. The van der Waals surface area contributed by atoms with Crippen LogP contribution in [0.1, 0.15) is 43.5 Å². The van der Waals surface area contributed by atoms with E-state index >= 15 is 0 Å². The number of carbonyl (C=O) groups is 3. The molecule has 3 atom stereocenters. The summed E-state index contributed by atoms with van der Waals surface area (Å²) in [6, 6.07) is 4.53. The van der Waals surface area contributed by atoms with Crippen LogP contribution >= 0.6 is 0 Å². The van der Waals surface area contributed by atoms with Gasteiger partial charge in [0.1, 0.15) is 18.5 Å². The fourth-order valence-corrected chi connectivity index (χ4v) is 3.84. The SMILES string of the molecule is CNC(=O)C[C@@H]1CC[C@H]2[C@@H](COc3ccc(NC(=O)NC(C)C)cc3C(=O)N2C)O1. The van der Waals surface area contributed by atoms with Gasteiger partial charge in [0.05, 0.1) is 24.1 Å². The lowest BCUT2D eigenvalue weighted by molar-refractivity contribution is -0.133. The highest BCUT2D eigenvalue weighted by Gasteiger charge is 2.39. The summed E-state index contributed by atoms with van der Waals surface area (Å²) in [4.78, 5) is 38.5. The Morgan fingerprint density at radius 2 is 2.03 bits per heavy atom. The van der Waals surface area contributed by atoms with E-state index in [0.29, 0.717) is 29.8 Å². The molecule has 164 valence electrons. The van der Waals surface area contributed by atoms with Gasteiger partial charge in [0, 0.05) is 25.8 Å². The van der Waals surface area contributed by atoms with Gasteiger partial charge in [-0.15, -0.1) is 0 Å². The van der Waals surface area contributed by atoms with Gasteiger partial charge in [-0.25, -0.2) is 4.79 Å². The van der Waals surface area contributed by atoms with E-state index in [2.05, 4.69) is 16.0 Å². The van der Waals surface area contributed by atoms with E-state index in [0.717, 1.165) is 6.42 Å². The highest BCUT2D eigenvalue weighted by Crippen LogP contribution is 2.32. The van der Waals surface area contributed by atoms with E-state index in [1.165, 1.54) is 0 Å². The van der Waals surface area contributed by atoms with E-state index in [1.807, 2.05) is 13.8 Å². The third-order valence-electron chi connectivity index (χ3n) is 5.38.